The molecule has 0 amide bonds. The van der Waals surface area contributed by atoms with Crippen molar-refractivity contribution in [3.8, 4) is 0 Å². The fourth-order valence-electron chi connectivity index (χ4n) is 2.94. The summed E-state index contributed by atoms with van der Waals surface area (Å²) < 4.78 is 26.9. The molecular weight excluding hydrogens is 216 g/mol. The van der Waals surface area contributed by atoms with Crippen molar-refractivity contribution in [1.82, 2.24) is 5.32 Å². The van der Waals surface area contributed by atoms with Crippen LogP contribution in [0.2, 0.25) is 0 Å². The molecule has 0 aromatic rings. The zero-order valence-electron chi connectivity index (χ0n) is 8.86. The third-order valence-electron chi connectivity index (χ3n) is 3.53. The van der Waals surface area contributed by atoms with Crippen molar-refractivity contribution < 1.29 is 12.6 Å². The highest BCUT2D eigenvalue weighted by Crippen LogP contribution is 2.61. The molecule has 86 valence electrons. The molecule has 4 atom stereocenters. The first-order valence-corrected chi connectivity index (χ1v) is 6.83. The van der Waals surface area contributed by atoms with E-state index < -0.39 is 10.1 Å². The Balaban J connectivity index is 2.06. The molecule has 2 aliphatic rings. The summed E-state index contributed by atoms with van der Waals surface area (Å²) in [6.45, 7) is 3.40. The van der Waals surface area contributed by atoms with E-state index in [0.717, 1.165) is 19.3 Å². The van der Waals surface area contributed by atoms with Gasteiger partial charge < -0.3 is 10.7 Å². The molecule has 0 radical (unpaired) electrons. The predicted molar refractivity (Wildman–Crippen MR) is 56.5 cm³/mol. The average molecular weight is 232 g/mol. The normalized spacial score (nSPS) is 40.9. The Kier molecular flexibility index (Phi) is 2.40. The molecule has 15 heavy (non-hydrogen) atoms. The van der Waals surface area contributed by atoms with Gasteiger partial charge >= 0.3 is 0 Å². The van der Waals surface area contributed by atoms with Crippen LogP contribution in [-0.4, -0.2) is 40.1 Å². The second-order valence-corrected chi connectivity index (χ2v) is 6.13. The van der Waals surface area contributed by atoms with Crippen molar-refractivity contribution in [2.45, 2.75) is 13.0 Å². The van der Waals surface area contributed by atoms with Gasteiger partial charge in [0.05, 0.1) is 12.4 Å². The Labute approximate surface area is 89.8 Å². The standard InChI is InChI=1S/C9H16N2O3S/c1-6(14-15(2,12)13)8-7-3-11-5-9(7,8)4-10/h4,6-8,10-11H,3,5H2,1-2H3. The van der Waals surface area contributed by atoms with Gasteiger partial charge in [-0.1, -0.05) is 0 Å². The minimum atomic E-state index is -3.39. The summed E-state index contributed by atoms with van der Waals surface area (Å²) in [5, 5.41) is 10.6. The summed E-state index contributed by atoms with van der Waals surface area (Å²) in [7, 11) is -3.39. The van der Waals surface area contributed by atoms with Crippen LogP contribution in [0.15, 0.2) is 0 Å². The number of piperidine rings is 1. The lowest BCUT2D eigenvalue weighted by Crippen LogP contribution is -2.28. The smallest absolute Gasteiger partial charge is 0.264 e. The van der Waals surface area contributed by atoms with E-state index in [4.69, 9.17) is 9.59 Å². The first-order chi connectivity index (χ1) is 6.91. The van der Waals surface area contributed by atoms with Crippen LogP contribution >= 0.6 is 0 Å². The topological polar surface area (TPSA) is 79.2 Å². The second kappa shape index (κ2) is 3.26. The van der Waals surface area contributed by atoms with Gasteiger partial charge in [0.25, 0.3) is 10.1 Å². The molecule has 0 bridgehead atoms. The Bertz CT molecular complexity index is 381. The molecule has 2 N–H and O–H groups in total. The Morgan fingerprint density at radius 3 is 2.80 bits per heavy atom. The first kappa shape index (κ1) is 11.0. The molecule has 4 unspecified atom stereocenters. The highest BCUT2D eigenvalue weighted by atomic mass is 32.2. The Hall–Kier alpha value is -0.460. The summed E-state index contributed by atoms with van der Waals surface area (Å²) in [6.07, 6.45) is 2.19. The lowest BCUT2D eigenvalue weighted by molar-refractivity contribution is 0.187. The molecule has 2 rings (SSSR count). The van der Waals surface area contributed by atoms with Crippen molar-refractivity contribution >= 4 is 16.3 Å². The van der Waals surface area contributed by atoms with Gasteiger partial charge in [-0.2, -0.15) is 8.42 Å². The van der Waals surface area contributed by atoms with E-state index in [0.29, 0.717) is 5.92 Å². The molecule has 6 heteroatoms. The molecule has 1 heterocycles. The SMILES string of the molecule is CC(OS(C)(=O)=O)C1C2CNCC21C=N. The van der Waals surface area contributed by atoms with Crippen molar-refractivity contribution in [1.29, 1.82) is 5.41 Å². The van der Waals surface area contributed by atoms with E-state index in [1.165, 1.54) is 6.21 Å². The zero-order valence-corrected chi connectivity index (χ0v) is 9.67. The van der Waals surface area contributed by atoms with Crippen LogP contribution in [0.1, 0.15) is 6.92 Å². The maximum absolute atomic E-state index is 11.0. The minimum Gasteiger partial charge on any atom is -0.315 e. The third-order valence-corrected chi connectivity index (χ3v) is 4.18. The van der Waals surface area contributed by atoms with Gasteiger partial charge in [0.1, 0.15) is 0 Å². The lowest BCUT2D eigenvalue weighted by atomic mass is 10.0. The molecular formula is C9H16N2O3S. The highest BCUT2D eigenvalue weighted by Gasteiger charge is 2.68. The molecule has 1 aliphatic carbocycles. The number of hydrogen-bond acceptors (Lipinski definition) is 5. The van der Waals surface area contributed by atoms with Crippen LogP contribution in [0, 0.1) is 22.7 Å². The summed E-state index contributed by atoms with van der Waals surface area (Å²) >= 11 is 0. The molecule has 0 aromatic heterocycles. The van der Waals surface area contributed by atoms with Gasteiger partial charge in [-0.25, -0.2) is 0 Å². The fourth-order valence-corrected chi connectivity index (χ4v) is 3.61. The average Bonchev–Trinajstić information content (AvgIpc) is 2.55. The number of nitrogens with one attached hydrogen (secondary N) is 2. The molecule has 1 aliphatic heterocycles. The van der Waals surface area contributed by atoms with Gasteiger partial charge in [-0.05, 0) is 19.4 Å². The number of rotatable bonds is 4. The van der Waals surface area contributed by atoms with Gasteiger partial charge in [0, 0.05) is 24.1 Å². The van der Waals surface area contributed by atoms with E-state index in [9.17, 15) is 8.42 Å². The molecule has 0 aromatic carbocycles. The molecule has 5 nitrogen and oxygen atoms in total. The Morgan fingerprint density at radius 1 is 1.67 bits per heavy atom. The molecule has 1 saturated heterocycles. The first-order valence-electron chi connectivity index (χ1n) is 5.01. The summed E-state index contributed by atoms with van der Waals surface area (Å²) in [6, 6.07) is 0. The van der Waals surface area contributed by atoms with Crippen molar-refractivity contribution in [2.24, 2.45) is 17.3 Å². The van der Waals surface area contributed by atoms with Crippen LogP contribution in [0.4, 0.5) is 0 Å². The molecule has 2 fully saturated rings. The van der Waals surface area contributed by atoms with Gasteiger partial charge in [0.15, 0.2) is 0 Å². The largest absolute Gasteiger partial charge is 0.315 e. The fraction of sp³-hybridized carbons (Fsp3) is 0.889. The van der Waals surface area contributed by atoms with E-state index >= 15 is 0 Å². The van der Waals surface area contributed by atoms with Crippen LogP contribution in [-0.2, 0) is 14.3 Å². The van der Waals surface area contributed by atoms with Crippen molar-refractivity contribution in [3.05, 3.63) is 0 Å². The second-order valence-electron chi connectivity index (χ2n) is 4.53. The number of hydrogen-bond donors (Lipinski definition) is 2. The Morgan fingerprint density at radius 2 is 2.33 bits per heavy atom. The predicted octanol–water partition coefficient (Wildman–Crippen LogP) is -0.164. The van der Waals surface area contributed by atoms with E-state index in [1.807, 2.05) is 0 Å². The zero-order chi connectivity index (χ0) is 11.3. The molecule has 0 spiro atoms. The molecule has 1 saturated carbocycles. The lowest BCUT2D eigenvalue weighted by Gasteiger charge is -2.16. The van der Waals surface area contributed by atoms with Gasteiger partial charge in [0.2, 0.25) is 0 Å². The van der Waals surface area contributed by atoms with Crippen molar-refractivity contribution in [2.75, 3.05) is 19.3 Å². The summed E-state index contributed by atoms with van der Waals surface area (Å²) in [5.41, 5.74) is -0.149. The van der Waals surface area contributed by atoms with E-state index in [-0.39, 0.29) is 17.4 Å². The van der Waals surface area contributed by atoms with Crippen LogP contribution < -0.4 is 5.32 Å². The van der Waals surface area contributed by atoms with Gasteiger partial charge in [-0.3, -0.25) is 4.18 Å². The minimum absolute atomic E-state index is 0.149. The van der Waals surface area contributed by atoms with Crippen molar-refractivity contribution in [3.63, 3.8) is 0 Å². The van der Waals surface area contributed by atoms with Gasteiger partial charge in [-0.15, -0.1) is 0 Å². The van der Waals surface area contributed by atoms with Crippen LogP contribution in [0.25, 0.3) is 0 Å². The monoisotopic (exact) mass is 232 g/mol. The highest BCUT2D eigenvalue weighted by molar-refractivity contribution is 7.86. The maximum atomic E-state index is 11.0. The third kappa shape index (κ3) is 1.70. The van der Waals surface area contributed by atoms with Crippen LogP contribution in [0.3, 0.4) is 0 Å². The maximum Gasteiger partial charge on any atom is 0.264 e. The van der Waals surface area contributed by atoms with E-state index in [1.54, 1.807) is 6.92 Å². The summed E-state index contributed by atoms with van der Waals surface area (Å²) in [4.78, 5) is 0. The van der Waals surface area contributed by atoms with Crippen LogP contribution in [0.5, 0.6) is 0 Å². The van der Waals surface area contributed by atoms with E-state index in [2.05, 4.69) is 5.32 Å². The number of fused-ring (bicyclic) bond motifs is 1. The quantitative estimate of drug-likeness (QED) is 0.521. The summed E-state index contributed by atoms with van der Waals surface area (Å²) in [5.74, 6) is 0.540.